The molecule has 0 radical (unpaired) electrons. The summed E-state index contributed by atoms with van der Waals surface area (Å²) in [6, 6.07) is 8.81. The molecule has 2 aromatic carbocycles. The summed E-state index contributed by atoms with van der Waals surface area (Å²) in [6.07, 6.45) is 0. The number of hydrogen-bond donors (Lipinski definition) is 0. The van der Waals surface area contributed by atoms with E-state index in [2.05, 4.69) is 72.7 Å². The van der Waals surface area contributed by atoms with Gasteiger partial charge in [-0.05, 0) is 74.9 Å². The molecule has 0 N–H and O–H groups in total. The zero-order valence-corrected chi connectivity index (χ0v) is 17.3. The largest absolute Gasteiger partial charge is 0.449 e. The van der Waals surface area contributed by atoms with Crippen LogP contribution in [0, 0.1) is 53.4 Å². The van der Waals surface area contributed by atoms with Crippen molar-refractivity contribution in [3.63, 3.8) is 0 Å². The van der Waals surface area contributed by atoms with Crippen molar-refractivity contribution < 1.29 is 9.53 Å². The maximum absolute atomic E-state index is 12.6. The van der Waals surface area contributed by atoms with Crippen LogP contribution in [0.3, 0.4) is 0 Å². The van der Waals surface area contributed by atoms with Gasteiger partial charge in [0.1, 0.15) is 0 Å². The van der Waals surface area contributed by atoms with Gasteiger partial charge in [0, 0.05) is 17.0 Å². The number of aryl methyl sites for hydroxylation is 4. The average molecular weight is 351 g/mol. The van der Waals surface area contributed by atoms with E-state index in [0.29, 0.717) is 0 Å². The van der Waals surface area contributed by atoms with Gasteiger partial charge < -0.3 is 4.74 Å². The van der Waals surface area contributed by atoms with Crippen molar-refractivity contribution in [2.45, 2.75) is 61.0 Å². The fraction of sp³-hybridized carbons (Fsp3) is 0.458. The van der Waals surface area contributed by atoms with Crippen LogP contribution in [-0.2, 0) is 15.1 Å². The Bertz CT molecular complexity index is 788. The van der Waals surface area contributed by atoms with Crippen LogP contribution < -0.4 is 0 Å². The van der Waals surface area contributed by atoms with Gasteiger partial charge in [-0.3, -0.25) is 4.79 Å². The molecule has 1 aliphatic rings. The van der Waals surface area contributed by atoms with E-state index < -0.39 is 5.60 Å². The van der Waals surface area contributed by atoms with Crippen LogP contribution in [0.2, 0.25) is 0 Å². The second-order valence-electron chi connectivity index (χ2n) is 8.20. The molecule has 2 unspecified atom stereocenters. The van der Waals surface area contributed by atoms with Gasteiger partial charge in [-0.15, -0.1) is 0 Å². The molecule has 1 fully saturated rings. The van der Waals surface area contributed by atoms with Gasteiger partial charge >= 0.3 is 5.97 Å². The lowest BCUT2D eigenvalue weighted by Gasteiger charge is -2.35. The van der Waals surface area contributed by atoms with Crippen LogP contribution in [0.25, 0.3) is 0 Å². The predicted molar refractivity (Wildman–Crippen MR) is 107 cm³/mol. The first kappa shape index (κ1) is 18.7. The quantitative estimate of drug-likeness (QED) is 0.658. The van der Waals surface area contributed by atoms with E-state index in [0.717, 1.165) is 11.1 Å². The molecule has 1 saturated heterocycles. The third kappa shape index (κ3) is 2.58. The summed E-state index contributed by atoms with van der Waals surface area (Å²) in [7, 11) is 0. The first-order chi connectivity index (χ1) is 12.1. The van der Waals surface area contributed by atoms with E-state index in [9.17, 15) is 4.79 Å². The zero-order chi connectivity index (χ0) is 19.4. The number of benzene rings is 2. The maximum atomic E-state index is 12.6. The molecule has 1 aliphatic heterocycles. The molecular weight excluding hydrogens is 320 g/mol. The lowest BCUT2D eigenvalue weighted by atomic mass is 9.72. The van der Waals surface area contributed by atoms with E-state index in [4.69, 9.17) is 4.74 Å². The number of hydrogen-bond acceptors (Lipinski definition) is 2. The average Bonchev–Trinajstić information content (AvgIpc) is 2.81. The van der Waals surface area contributed by atoms with Crippen LogP contribution in [0.1, 0.15) is 58.4 Å². The molecule has 138 valence electrons. The van der Waals surface area contributed by atoms with Gasteiger partial charge in [0.05, 0.1) is 5.92 Å². The van der Waals surface area contributed by atoms with Crippen LogP contribution in [0.4, 0.5) is 0 Å². The van der Waals surface area contributed by atoms with Gasteiger partial charge in [-0.1, -0.05) is 38.1 Å². The van der Waals surface area contributed by atoms with Crippen molar-refractivity contribution in [3.8, 4) is 0 Å². The van der Waals surface area contributed by atoms with Crippen LogP contribution in [-0.4, -0.2) is 5.97 Å². The van der Waals surface area contributed by atoms with Crippen LogP contribution in [0.5, 0.6) is 0 Å². The summed E-state index contributed by atoms with van der Waals surface area (Å²) in [5.74, 6) is -0.166. The molecule has 2 heteroatoms. The molecule has 0 aliphatic carbocycles. The van der Waals surface area contributed by atoms with Crippen molar-refractivity contribution in [2.75, 3.05) is 0 Å². The first-order valence-corrected chi connectivity index (χ1v) is 9.49. The van der Waals surface area contributed by atoms with E-state index >= 15 is 0 Å². The fourth-order valence-electron chi connectivity index (χ4n) is 4.21. The molecule has 0 bridgehead atoms. The monoisotopic (exact) mass is 350 g/mol. The molecule has 1 heterocycles. The molecule has 26 heavy (non-hydrogen) atoms. The van der Waals surface area contributed by atoms with Gasteiger partial charge in [0.2, 0.25) is 0 Å². The maximum Gasteiger partial charge on any atom is 0.310 e. The van der Waals surface area contributed by atoms with Crippen molar-refractivity contribution in [3.05, 3.63) is 68.8 Å². The number of cyclic esters (lactones) is 1. The van der Waals surface area contributed by atoms with E-state index in [1.165, 1.54) is 33.4 Å². The van der Waals surface area contributed by atoms with Gasteiger partial charge in [-0.25, -0.2) is 0 Å². The van der Waals surface area contributed by atoms with E-state index in [1.807, 2.05) is 6.92 Å². The Hall–Kier alpha value is -2.09. The summed E-state index contributed by atoms with van der Waals surface area (Å²) >= 11 is 0. The number of rotatable bonds is 2. The topological polar surface area (TPSA) is 26.3 Å². The highest BCUT2D eigenvalue weighted by atomic mass is 16.6. The Morgan fingerprint density at radius 3 is 1.35 bits per heavy atom. The van der Waals surface area contributed by atoms with Crippen molar-refractivity contribution >= 4 is 5.97 Å². The molecular formula is C24H30O2. The third-order valence-corrected chi connectivity index (χ3v) is 6.74. The third-order valence-electron chi connectivity index (χ3n) is 6.74. The molecule has 2 atom stereocenters. The summed E-state index contributed by atoms with van der Waals surface area (Å²) < 4.78 is 6.21. The van der Waals surface area contributed by atoms with Gasteiger partial charge in [-0.2, -0.15) is 0 Å². The summed E-state index contributed by atoms with van der Waals surface area (Å²) in [6.45, 7) is 17.0. The normalized spacial score (nSPS) is 21.8. The Morgan fingerprint density at radius 2 is 1.08 bits per heavy atom. The highest BCUT2D eigenvalue weighted by Crippen LogP contribution is 2.50. The highest BCUT2D eigenvalue weighted by molar-refractivity contribution is 5.77. The lowest BCUT2D eigenvalue weighted by molar-refractivity contribution is -0.148. The Kier molecular flexibility index (Phi) is 4.50. The molecule has 3 rings (SSSR count). The first-order valence-electron chi connectivity index (χ1n) is 9.49. The predicted octanol–water partition coefficient (Wildman–Crippen LogP) is 5.61. The summed E-state index contributed by atoms with van der Waals surface area (Å²) in [5, 5.41) is 0. The molecule has 0 saturated carbocycles. The fourth-order valence-corrected chi connectivity index (χ4v) is 4.21. The minimum Gasteiger partial charge on any atom is -0.449 e. The Morgan fingerprint density at radius 1 is 0.731 bits per heavy atom. The number of carbonyl (C=O) groups excluding carboxylic acids is 1. The number of ether oxygens (including phenoxy) is 1. The second kappa shape index (κ2) is 6.26. The smallest absolute Gasteiger partial charge is 0.310 e. The van der Waals surface area contributed by atoms with Crippen LogP contribution >= 0.6 is 0 Å². The van der Waals surface area contributed by atoms with E-state index in [1.54, 1.807) is 0 Å². The standard InChI is InChI=1S/C24H30O2/c1-13-9-21(10-14(2)17(13)5)24(20(8)19(7)23(25)26-24)22-11-15(3)18(6)16(4)12-22/h9-12,19-20H,1-8H3. The Labute approximate surface area is 157 Å². The number of esters is 1. The summed E-state index contributed by atoms with van der Waals surface area (Å²) in [4.78, 5) is 12.6. The molecule has 0 aromatic heterocycles. The SMILES string of the molecule is Cc1cc(C2(c3cc(C)c(C)c(C)c3)OC(=O)C(C)C2C)cc(C)c1C. The molecule has 2 nitrogen and oxygen atoms in total. The highest BCUT2D eigenvalue weighted by Gasteiger charge is 2.54. The van der Waals surface area contributed by atoms with Crippen molar-refractivity contribution in [1.82, 2.24) is 0 Å². The molecule has 2 aromatic rings. The Balaban J connectivity index is 2.34. The van der Waals surface area contributed by atoms with Crippen LogP contribution in [0.15, 0.2) is 24.3 Å². The van der Waals surface area contributed by atoms with Crippen molar-refractivity contribution in [1.29, 1.82) is 0 Å². The zero-order valence-electron chi connectivity index (χ0n) is 17.3. The van der Waals surface area contributed by atoms with Crippen molar-refractivity contribution in [2.24, 2.45) is 11.8 Å². The van der Waals surface area contributed by atoms with Gasteiger partial charge in [0.25, 0.3) is 0 Å². The minimum absolute atomic E-state index is 0.0676. The second-order valence-corrected chi connectivity index (χ2v) is 8.20. The minimum atomic E-state index is -0.719. The molecule has 0 spiro atoms. The summed E-state index contributed by atoms with van der Waals surface area (Å²) in [5.41, 5.74) is 9.01. The molecule has 0 amide bonds. The number of carbonyl (C=O) groups is 1. The van der Waals surface area contributed by atoms with E-state index in [-0.39, 0.29) is 17.8 Å². The lowest BCUT2D eigenvalue weighted by Crippen LogP contribution is -2.34. The van der Waals surface area contributed by atoms with Gasteiger partial charge in [0.15, 0.2) is 5.60 Å².